The number of hydrogen-bond acceptors (Lipinski definition) is 5. The minimum absolute atomic E-state index is 0.0418. The smallest absolute Gasteiger partial charge is 0.253 e. The predicted molar refractivity (Wildman–Crippen MR) is 99.1 cm³/mol. The van der Waals surface area contributed by atoms with Crippen LogP contribution < -0.4 is 16.2 Å². The van der Waals surface area contributed by atoms with Crippen molar-refractivity contribution in [3.05, 3.63) is 58.4 Å². The van der Waals surface area contributed by atoms with Gasteiger partial charge in [-0.25, -0.2) is 0 Å². The molecule has 8 nitrogen and oxygen atoms in total. The van der Waals surface area contributed by atoms with Gasteiger partial charge in [-0.05, 0) is 25.5 Å². The van der Waals surface area contributed by atoms with Gasteiger partial charge in [-0.3, -0.25) is 19.3 Å². The Labute approximate surface area is 157 Å². The van der Waals surface area contributed by atoms with Gasteiger partial charge in [0.15, 0.2) is 0 Å². The third-order valence-corrected chi connectivity index (χ3v) is 4.71. The summed E-state index contributed by atoms with van der Waals surface area (Å²) in [5, 5.41) is 5.84. The summed E-state index contributed by atoms with van der Waals surface area (Å²) in [6, 6.07) is 4.27. The number of aryl methyl sites for hydroxylation is 1. The highest BCUT2D eigenvalue weighted by Gasteiger charge is 2.37. The average molecular weight is 372 g/mol. The lowest BCUT2D eigenvalue weighted by molar-refractivity contribution is -0.125. The van der Waals surface area contributed by atoms with Crippen LogP contribution in [0.4, 0.5) is 0 Å². The van der Waals surface area contributed by atoms with E-state index >= 15 is 0 Å². The molecule has 0 bridgehead atoms. The van der Waals surface area contributed by atoms with Crippen molar-refractivity contribution in [2.75, 3.05) is 13.1 Å². The Kier molecular flexibility index (Phi) is 5.75. The molecule has 0 aromatic carbocycles. The second-order valence-electron chi connectivity index (χ2n) is 6.74. The van der Waals surface area contributed by atoms with E-state index in [0.717, 1.165) is 5.56 Å². The largest absolute Gasteiger partial charge is 0.472 e. The minimum Gasteiger partial charge on any atom is -0.472 e. The molecule has 27 heavy (non-hydrogen) atoms. The van der Waals surface area contributed by atoms with Crippen LogP contribution in [0.25, 0.3) is 0 Å². The van der Waals surface area contributed by atoms with Crippen molar-refractivity contribution in [2.45, 2.75) is 32.0 Å². The summed E-state index contributed by atoms with van der Waals surface area (Å²) in [5.74, 6) is -0.296. The highest BCUT2D eigenvalue weighted by molar-refractivity contribution is 5.94. The summed E-state index contributed by atoms with van der Waals surface area (Å²) >= 11 is 0. The van der Waals surface area contributed by atoms with Crippen molar-refractivity contribution in [3.8, 4) is 0 Å². The van der Waals surface area contributed by atoms with E-state index in [2.05, 4.69) is 10.6 Å². The zero-order valence-electron chi connectivity index (χ0n) is 15.5. The number of rotatable bonds is 6. The lowest BCUT2D eigenvalue weighted by Gasteiger charge is -2.22. The molecular weight excluding hydrogens is 348 g/mol. The molecular formula is C19H24N4O4. The minimum atomic E-state index is -0.315. The number of nitrogens with zero attached hydrogens (tertiary/aromatic N) is 2. The number of carbonyl (C=O) groups is 2. The number of likely N-dealkylation sites (tertiary alicyclic amines) is 1. The third kappa shape index (κ3) is 4.46. The molecule has 0 radical (unpaired) electrons. The lowest BCUT2D eigenvalue weighted by Crippen LogP contribution is -2.42. The Bertz CT molecular complexity index is 859. The number of amides is 2. The molecule has 8 heteroatoms. The Morgan fingerprint density at radius 1 is 1.30 bits per heavy atom. The summed E-state index contributed by atoms with van der Waals surface area (Å²) in [4.78, 5) is 38.5. The molecule has 2 aromatic heterocycles. The lowest BCUT2D eigenvalue weighted by atomic mass is 10.1. The maximum atomic E-state index is 12.5. The number of nitrogens with one attached hydrogen (secondary N) is 2. The first-order valence-corrected chi connectivity index (χ1v) is 8.98. The van der Waals surface area contributed by atoms with E-state index in [1.165, 1.54) is 22.9 Å². The van der Waals surface area contributed by atoms with Crippen molar-refractivity contribution < 1.29 is 14.0 Å². The first kappa shape index (κ1) is 18.9. The molecule has 0 spiro atoms. The molecule has 2 amide bonds. The molecule has 1 aliphatic rings. The van der Waals surface area contributed by atoms with Crippen LogP contribution in [0.3, 0.4) is 0 Å². The second kappa shape index (κ2) is 8.22. The second-order valence-corrected chi connectivity index (χ2v) is 6.74. The van der Waals surface area contributed by atoms with Crippen LogP contribution in [-0.2, 0) is 18.4 Å². The summed E-state index contributed by atoms with van der Waals surface area (Å²) < 4.78 is 6.48. The van der Waals surface area contributed by atoms with Gasteiger partial charge in [0.1, 0.15) is 0 Å². The van der Waals surface area contributed by atoms with Gasteiger partial charge >= 0.3 is 0 Å². The summed E-state index contributed by atoms with van der Waals surface area (Å²) in [6.07, 6.45) is 5.30. The van der Waals surface area contributed by atoms with Crippen LogP contribution >= 0.6 is 0 Å². The average Bonchev–Trinajstić information content (AvgIpc) is 3.28. The van der Waals surface area contributed by atoms with Gasteiger partial charge in [0.05, 0.1) is 24.1 Å². The first-order valence-electron chi connectivity index (χ1n) is 8.98. The monoisotopic (exact) mass is 372 g/mol. The van der Waals surface area contributed by atoms with Gasteiger partial charge < -0.3 is 19.6 Å². The molecule has 2 N–H and O–H groups in total. The Balaban J connectivity index is 1.70. The van der Waals surface area contributed by atoms with Crippen LogP contribution in [-0.4, -0.2) is 46.5 Å². The van der Waals surface area contributed by atoms with Crippen molar-refractivity contribution in [2.24, 2.45) is 7.05 Å². The van der Waals surface area contributed by atoms with E-state index in [1.54, 1.807) is 19.6 Å². The van der Waals surface area contributed by atoms with Crippen LogP contribution in [0.15, 0.2) is 46.1 Å². The van der Waals surface area contributed by atoms with Crippen molar-refractivity contribution in [3.63, 3.8) is 0 Å². The van der Waals surface area contributed by atoms with E-state index < -0.39 is 0 Å². The molecule has 1 aliphatic heterocycles. The van der Waals surface area contributed by atoms with E-state index in [1.807, 2.05) is 17.9 Å². The predicted octanol–water partition coefficient (Wildman–Crippen LogP) is 0.487. The van der Waals surface area contributed by atoms with Crippen LogP contribution in [0.2, 0.25) is 0 Å². The molecule has 3 heterocycles. The van der Waals surface area contributed by atoms with Crippen molar-refractivity contribution in [1.82, 2.24) is 20.1 Å². The topological polar surface area (TPSA) is 96.6 Å². The summed E-state index contributed by atoms with van der Waals surface area (Å²) in [5.41, 5.74) is 1.23. The van der Waals surface area contributed by atoms with Gasteiger partial charge in [0, 0.05) is 50.6 Å². The fourth-order valence-corrected chi connectivity index (χ4v) is 3.36. The number of furan rings is 1. The van der Waals surface area contributed by atoms with Gasteiger partial charge in [0.25, 0.3) is 5.91 Å². The molecule has 0 unspecified atom stereocenters. The third-order valence-electron chi connectivity index (χ3n) is 4.71. The number of hydrogen-bond donors (Lipinski definition) is 2. The van der Waals surface area contributed by atoms with E-state index in [9.17, 15) is 14.4 Å². The van der Waals surface area contributed by atoms with Crippen LogP contribution in [0.1, 0.15) is 29.3 Å². The fourth-order valence-electron chi connectivity index (χ4n) is 3.36. The molecule has 0 saturated carbocycles. The van der Waals surface area contributed by atoms with Gasteiger partial charge in [0.2, 0.25) is 11.5 Å². The molecule has 2 aromatic rings. The van der Waals surface area contributed by atoms with Crippen LogP contribution in [0.5, 0.6) is 0 Å². The molecule has 1 fully saturated rings. The standard InChI is InChI=1S/C19H24N4O4/c1-3-20-19(26)16-8-15(11-23(16)9-13-6-7-27-12-13)21-18(25)14-4-5-17(24)22(2)10-14/h4-7,10,12,15-16H,3,8-9,11H2,1-2H3,(H,20,26)(H,21,25)/t15-,16-/m0/s1. The number of pyridine rings is 1. The molecule has 1 saturated heterocycles. The number of aromatic nitrogens is 1. The SMILES string of the molecule is CCNC(=O)[C@@H]1C[C@H](NC(=O)c2ccc(=O)n(C)c2)CN1Cc1ccoc1. The zero-order valence-corrected chi connectivity index (χ0v) is 15.5. The summed E-state index contributed by atoms with van der Waals surface area (Å²) in [6.45, 7) is 3.57. The van der Waals surface area contributed by atoms with Gasteiger partial charge in [-0.15, -0.1) is 0 Å². The Hall–Kier alpha value is -2.87. The fraction of sp³-hybridized carbons (Fsp3) is 0.421. The van der Waals surface area contributed by atoms with Gasteiger partial charge in [-0.2, -0.15) is 0 Å². The summed E-state index contributed by atoms with van der Waals surface area (Å²) in [7, 11) is 1.60. The highest BCUT2D eigenvalue weighted by atomic mass is 16.3. The highest BCUT2D eigenvalue weighted by Crippen LogP contribution is 2.21. The van der Waals surface area contributed by atoms with E-state index in [0.29, 0.717) is 31.6 Å². The maximum absolute atomic E-state index is 12.5. The Morgan fingerprint density at radius 2 is 2.11 bits per heavy atom. The normalized spacial score (nSPS) is 19.8. The first-order chi connectivity index (χ1) is 13.0. The molecule has 2 atom stereocenters. The quantitative estimate of drug-likeness (QED) is 0.769. The van der Waals surface area contributed by atoms with Crippen molar-refractivity contribution >= 4 is 11.8 Å². The van der Waals surface area contributed by atoms with Crippen molar-refractivity contribution in [1.29, 1.82) is 0 Å². The van der Waals surface area contributed by atoms with E-state index in [-0.39, 0.29) is 29.5 Å². The Morgan fingerprint density at radius 3 is 2.78 bits per heavy atom. The molecule has 3 rings (SSSR count). The number of likely N-dealkylation sites (N-methyl/N-ethyl adjacent to an activating group) is 1. The van der Waals surface area contributed by atoms with Gasteiger partial charge in [-0.1, -0.05) is 0 Å². The molecule has 0 aliphatic carbocycles. The molecule has 144 valence electrons. The zero-order chi connectivity index (χ0) is 19.4. The maximum Gasteiger partial charge on any atom is 0.253 e. The number of carbonyl (C=O) groups excluding carboxylic acids is 2. The van der Waals surface area contributed by atoms with Crippen LogP contribution in [0, 0.1) is 0 Å². The van der Waals surface area contributed by atoms with E-state index in [4.69, 9.17) is 4.42 Å².